The zero-order valence-corrected chi connectivity index (χ0v) is 26.9. The van der Waals surface area contributed by atoms with Gasteiger partial charge in [0.1, 0.15) is 11.8 Å². The molecule has 0 spiro atoms. The molecule has 0 aromatic carbocycles. The maximum atomic E-state index is 12.0. The third-order valence-corrected chi connectivity index (χ3v) is 8.73. The summed E-state index contributed by atoms with van der Waals surface area (Å²) in [6, 6.07) is 0. The van der Waals surface area contributed by atoms with Gasteiger partial charge in [-0.3, -0.25) is 9.59 Å². The van der Waals surface area contributed by atoms with Crippen LogP contribution in [0, 0.1) is 17.8 Å². The van der Waals surface area contributed by atoms with Crippen molar-refractivity contribution in [3.8, 4) is 0 Å². The number of nitrogens with zero attached hydrogens (tertiary/aromatic N) is 1. The Hall–Kier alpha value is -1.89. The van der Waals surface area contributed by atoms with Crippen molar-refractivity contribution in [2.45, 2.75) is 143 Å². The molecule has 2 N–H and O–H groups in total. The molecule has 0 saturated carbocycles. The zero-order valence-electron chi connectivity index (χ0n) is 26.9. The van der Waals surface area contributed by atoms with Crippen LogP contribution in [0.15, 0.2) is 12.2 Å². The minimum atomic E-state index is -1.14. The Morgan fingerprint density at radius 1 is 0.585 bits per heavy atom. The third-order valence-electron chi connectivity index (χ3n) is 8.73. The Labute approximate surface area is 251 Å². The van der Waals surface area contributed by atoms with E-state index < -0.39 is 35.7 Å². The number of carbonyl (C=O) groups excluding carboxylic acids is 1. The van der Waals surface area contributed by atoms with Gasteiger partial charge < -0.3 is 24.6 Å². The average molecular weight is 582 g/mol. The van der Waals surface area contributed by atoms with Gasteiger partial charge in [-0.05, 0) is 57.8 Å². The molecule has 0 fully saturated rings. The maximum absolute atomic E-state index is 12.0. The van der Waals surface area contributed by atoms with E-state index in [9.17, 15) is 29.7 Å². The molecular formula is C34H63NO6. The van der Waals surface area contributed by atoms with Gasteiger partial charge in [0.15, 0.2) is 0 Å². The van der Waals surface area contributed by atoms with Crippen LogP contribution in [-0.4, -0.2) is 58.8 Å². The Balaban J connectivity index is 4.82. The van der Waals surface area contributed by atoms with Crippen molar-refractivity contribution in [3.05, 3.63) is 12.2 Å². The van der Waals surface area contributed by atoms with Crippen LogP contribution in [0.3, 0.4) is 0 Å². The first-order chi connectivity index (χ1) is 19.7. The van der Waals surface area contributed by atoms with Crippen molar-refractivity contribution in [1.29, 1.82) is 0 Å². The number of carboxylic acid groups (broad SMARTS) is 3. The van der Waals surface area contributed by atoms with Gasteiger partial charge in [0.05, 0.1) is 32.1 Å². The highest BCUT2D eigenvalue weighted by molar-refractivity contribution is 5.70. The van der Waals surface area contributed by atoms with Crippen LogP contribution < -0.4 is 5.11 Å². The summed E-state index contributed by atoms with van der Waals surface area (Å²) in [6.07, 6.45) is 24.0. The van der Waals surface area contributed by atoms with Crippen LogP contribution in [0.4, 0.5) is 0 Å². The summed E-state index contributed by atoms with van der Waals surface area (Å²) in [4.78, 5) is 35.8. The summed E-state index contributed by atoms with van der Waals surface area (Å²) in [5, 5.41) is 31.5. The molecular weight excluding hydrogens is 518 g/mol. The van der Waals surface area contributed by atoms with Gasteiger partial charge in [0, 0.05) is 5.92 Å². The number of hydrogen-bond donors (Lipinski definition) is 2. The van der Waals surface area contributed by atoms with Crippen molar-refractivity contribution in [3.63, 3.8) is 0 Å². The van der Waals surface area contributed by atoms with Crippen LogP contribution in [-0.2, 0) is 14.4 Å². The van der Waals surface area contributed by atoms with Gasteiger partial charge >= 0.3 is 11.9 Å². The first-order valence-electron chi connectivity index (χ1n) is 16.8. The van der Waals surface area contributed by atoms with Gasteiger partial charge in [-0.1, -0.05) is 97.6 Å². The highest BCUT2D eigenvalue weighted by Gasteiger charge is 2.39. The van der Waals surface area contributed by atoms with Gasteiger partial charge in [-0.25, -0.2) is 0 Å². The number of carbonyl (C=O) groups is 3. The average Bonchev–Trinajstić information content (AvgIpc) is 2.94. The monoisotopic (exact) mass is 581 g/mol. The van der Waals surface area contributed by atoms with E-state index in [0.29, 0.717) is 25.8 Å². The van der Waals surface area contributed by atoms with Crippen LogP contribution in [0.5, 0.6) is 0 Å². The molecule has 0 aliphatic heterocycles. The zero-order chi connectivity index (χ0) is 30.9. The SMILES string of the molecule is CCCCCCCCCC/C=C/CCCCCCC[N+](CC(CC)C(=O)[O-])(CC(CC)C(=O)O)CC(CC)C(=O)O. The molecule has 7 heteroatoms. The predicted molar refractivity (Wildman–Crippen MR) is 165 cm³/mol. The van der Waals surface area contributed by atoms with Gasteiger partial charge in [0.2, 0.25) is 0 Å². The Kier molecular flexibility index (Phi) is 23.5. The lowest BCUT2D eigenvalue weighted by molar-refractivity contribution is -0.935. The van der Waals surface area contributed by atoms with Crippen molar-refractivity contribution < 1.29 is 34.2 Å². The standard InChI is InChI=1S/C34H63NO6/c1-5-9-10-11-12-13-14-15-16-17-18-19-20-21-22-23-24-25-35(26-29(6-2)32(36)37,27-30(7-3)33(38)39)28-31(8-4)34(40)41/h17-18,29-31H,5-16,19-28H2,1-4H3,(H2-,36,37,38,39,40,41)/b18-17+. The lowest BCUT2D eigenvalue weighted by atomic mass is 9.95. The highest BCUT2D eigenvalue weighted by Crippen LogP contribution is 2.25. The number of aliphatic carboxylic acids is 3. The number of quaternary nitrogens is 1. The summed E-state index contributed by atoms with van der Waals surface area (Å²) in [6.45, 7) is 9.01. The van der Waals surface area contributed by atoms with E-state index in [1.807, 2.05) is 13.8 Å². The molecule has 3 atom stereocenters. The normalized spacial score (nSPS) is 15.4. The van der Waals surface area contributed by atoms with Crippen molar-refractivity contribution >= 4 is 17.9 Å². The molecule has 0 aliphatic carbocycles. The van der Waals surface area contributed by atoms with E-state index in [-0.39, 0.29) is 24.1 Å². The van der Waals surface area contributed by atoms with Gasteiger partial charge in [-0.15, -0.1) is 0 Å². The summed E-state index contributed by atoms with van der Waals surface area (Å²) in [5.41, 5.74) is 0. The molecule has 240 valence electrons. The van der Waals surface area contributed by atoms with E-state index in [1.54, 1.807) is 6.92 Å². The van der Waals surface area contributed by atoms with E-state index >= 15 is 0 Å². The molecule has 0 aliphatic rings. The molecule has 0 radical (unpaired) electrons. The summed E-state index contributed by atoms with van der Waals surface area (Å²) in [7, 11) is 0. The molecule has 0 saturated heterocycles. The molecule has 0 bridgehead atoms. The number of rotatable bonds is 29. The summed E-state index contributed by atoms with van der Waals surface area (Å²) < 4.78 is 0.212. The Bertz CT molecular complexity index is 662. The number of carboxylic acids is 3. The number of unbranched alkanes of at least 4 members (excludes halogenated alkanes) is 13. The lowest BCUT2D eigenvalue weighted by Gasteiger charge is -2.44. The van der Waals surface area contributed by atoms with Gasteiger partial charge in [-0.2, -0.15) is 0 Å². The number of hydrogen-bond acceptors (Lipinski definition) is 4. The molecule has 3 unspecified atom stereocenters. The van der Waals surface area contributed by atoms with Crippen molar-refractivity contribution in [2.75, 3.05) is 26.2 Å². The molecule has 41 heavy (non-hydrogen) atoms. The second-order valence-corrected chi connectivity index (χ2v) is 12.2. The molecule has 0 aromatic heterocycles. The molecule has 0 aromatic rings. The van der Waals surface area contributed by atoms with Crippen LogP contribution in [0.1, 0.15) is 143 Å². The van der Waals surface area contributed by atoms with E-state index in [1.165, 1.54) is 57.8 Å². The van der Waals surface area contributed by atoms with Crippen LogP contribution >= 0.6 is 0 Å². The minimum Gasteiger partial charge on any atom is -0.550 e. The highest BCUT2D eigenvalue weighted by atomic mass is 16.4. The lowest BCUT2D eigenvalue weighted by Crippen LogP contribution is -2.59. The Morgan fingerprint density at radius 3 is 1.32 bits per heavy atom. The second kappa shape index (κ2) is 24.7. The summed E-state index contributed by atoms with van der Waals surface area (Å²) in [5.74, 6) is -4.97. The van der Waals surface area contributed by atoms with Crippen LogP contribution in [0.25, 0.3) is 0 Å². The Morgan fingerprint density at radius 2 is 0.951 bits per heavy atom. The fourth-order valence-electron chi connectivity index (χ4n) is 5.91. The third kappa shape index (κ3) is 19.0. The topological polar surface area (TPSA) is 115 Å². The van der Waals surface area contributed by atoms with Crippen molar-refractivity contribution in [2.24, 2.45) is 17.8 Å². The quantitative estimate of drug-likeness (QED) is 0.0547. The number of allylic oxidation sites excluding steroid dienone is 2. The van der Waals surface area contributed by atoms with Crippen molar-refractivity contribution in [1.82, 2.24) is 0 Å². The summed E-state index contributed by atoms with van der Waals surface area (Å²) >= 11 is 0. The molecule has 0 rings (SSSR count). The van der Waals surface area contributed by atoms with Crippen LogP contribution in [0.2, 0.25) is 0 Å². The van der Waals surface area contributed by atoms with E-state index in [0.717, 1.165) is 38.5 Å². The van der Waals surface area contributed by atoms with Gasteiger partial charge in [0.25, 0.3) is 0 Å². The smallest absolute Gasteiger partial charge is 0.312 e. The molecule has 7 nitrogen and oxygen atoms in total. The van der Waals surface area contributed by atoms with E-state index in [2.05, 4.69) is 19.1 Å². The maximum Gasteiger partial charge on any atom is 0.312 e. The molecule has 0 amide bonds. The first kappa shape index (κ1) is 39.1. The second-order valence-electron chi connectivity index (χ2n) is 12.2. The minimum absolute atomic E-state index is 0.212. The fraction of sp³-hybridized carbons (Fsp3) is 0.853. The van der Waals surface area contributed by atoms with E-state index in [4.69, 9.17) is 0 Å². The largest absolute Gasteiger partial charge is 0.550 e. The first-order valence-corrected chi connectivity index (χ1v) is 16.8. The predicted octanol–water partition coefficient (Wildman–Crippen LogP) is 7.23. The molecule has 0 heterocycles. The fourth-order valence-corrected chi connectivity index (χ4v) is 5.91.